The summed E-state index contributed by atoms with van der Waals surface area (Å²) in [5.41, 5.74) is 12.8. The number of nitriles is 2. The van der Waals surface area contributed by atoms with Gasteiger partial charge in [-0.1, -0.05) is 0 Å². The quantitative estimate of drug-likeness (QED) is 0.279. The Morgan fingerprint density at radius 1 is 1.27 bits per heavy atom. The third-order valence-electron chi connectivity index (χ3n) is 3.67. The van der Waals surface area contributed by atoms with Gasteiger partial charge in [0.25, 0.3) is 0 Å². The van der Waals surface area contributed by atoms with E-state index in [2.05, 4.69) is 52.5 Å². The maximum absolute atomic E-state index is 14.0. The number of aliphatic imine (C=N–C) groups is 1. The maximum Gasteiger partial charge on any atom is 0.211 e. The van der Waals surface area contributed by atoms with Crippen LogP contribution in [0.25, 0.3) is 0 Å². The molecule has 0 bridgehead atoms. The molecule has 2 heterocycles. The van der Waals surface area contributed by atoms with Gasteiger partial charge in [-0.3, -0.25) is 5.32 Å². The van der Waals surface area contributed by atoms with Crippen LogP contribution in [0.1, 0.15) is 22.7 Å². The van der Waals surface area contributed by atoms with Crippen LogP contribution < -0.4 is 22.1 Å². The molecule has 2 aromatic rings. The Bertz CT molecular complexity index is 1040. The van der Waals surface area contributed by atoms with E-state index in [1.807, 2.05) is 6.07 Å². The molecule has 0 aliphatic carbocycles. The first kappa shape index (κ1) is 17.9. The fourth-order valence-electron chi connectivity index (χ4n) is 2.58. The summed E-state index contributed by atoms with van der Waals surface area (Å²) in [5.74, 6) is -0.243. The second-order valence-corrected chi connectivity index (χ2v) is 6.84. The lowest BCUT2D eigenvalue weighted by Gasteiger charge is -2.27. The number of nitrogens with two attached hydrogens (primary N) is 2. The summed E-state index contributed by atoms with van der Waals surface area (Å²) in [6.07, 6.45) is 1.75. The van der Waals surface area contributed by atoms with E-state index >= 15 is 0 Å². The molecule has 0 amide bonds. The van der Waals surface area contributed by atoms with Crippen LogP contribution in [0.3, 0.4) is 0 Å². The molecule has 1 atom stereocenters. The highest BCUT2D eigenvalue weighted by Crippen LogP contribution is 2.44. The summed E-state index contributed by atoms with van der Waals surface area (Å²) in [4.78, 5) is 8.52. The van der Waals surface area contributed by atoms with Crippen molar-refractivity contribution >= 4 is 55.1 Å². The third kappa shape index (κ3) is 2.92. The minimum absolute atomic E-state index is 0.00836. The smallest absolute Gasteiger partial charge is 0.211 e. The van der Waals surface area contributed by atoms with Crippen LogP contribution in [-0.4, -0.2) is 10.9 Å². The average molecular weight is 480 g/mol. The first-order chi connectivity index (χ1) is 12.4. The van der Waals surface area contributed by atoms with E-state index in [4.69, 9.17) is 16.7 Å². The van der Waals surface area contributed by atoms with Gasteiger partial charge >= 0.3 is 0 Å². The number of nitrogen functional groups attached to an aromatic ring is 2. The summed E-state index contributed by atoms with van der Waals surface area (Å²) in [7, 11) is 0. The standard InChI is InChI=1S/C15H9Br2FN8/c16-8-2-5(18)1-6(10(8)17)12-9-11(21)7(3-19)13(22)25-14(9)26-15(24-12)23-4-20/h1-2,12H,(H6,21,22,23,24,25,26). The highest BCUT2D eigenvalue weighted by Gasteiger charge is 2.31. The summed E-state index contributed by atoms with van der Waals surface area (Å²) in [6, 6.07) is 3.65. The molecule has 130 valence electrons. The lowest BCUT2D eigenvalue weighted by molar-refractivity contribution is 0.621. The van der Waals surface area contributed by atoms with Gasteiger partial charge in [0.05, 0.1) is 5.69 Å². The summed E-state index contributed by atoms with van der Waals surface area (Å²) >= 11 is 6.67. The molecule has 1 unspecified atom stereocenters. The van der Waals surface area contributed by atoms with Gasteiger partial charge < -0.3 is 16.8 Å². The minimum atomic E-state index is -0.830. The zero-order valence-corrected chi connectivity index (χ0v) is 16.0. The molecule has 0 spiro atoms. The van der Waals surface area contributed by atoms with E-state index < -0.39 is 11.9 Å². The van der Waals surface area contributed by atoms with E-state index in [0.717, 1.165) is 0 Å². The Kier molecular flexibility index (Phi) is 4.68. The van der Waals surface area contributed by atoms with Gasteiger partial charge in [-0.2, -0.15) is 10.5 Å². The van der Waals surface area contributed by atoms with Crippen molar-refractivity contribution in [2.24, 2.45) is 4.99 Å². The van der Waals surface area contributed by atoms with Crippen molar-refractivity contribution in [1.29, 1.82) is 10.5 Å². The second kappa shape index (κ2) is 6.78. The molecular weight excluding hydrogens is 471 g/mol. The van der Waals surface area contributed by atoms with Gasteiger partial charge in [0.2, 0.25) is 5.96 Å². The molecule has 0 saturated carbocycles. The van der Waals surface area contributed by atoms with Crippen LogP contribution in [0.4, 0.5) is 21.7 Å². The highest BCUT2D eigenvalue weighted by molar-refractivity contribution is 9.13. The predicted molar refractivity (Wildman–Crippen MR) is 101 cm³/mol. The average Bonchev–Trinajstić information content (AvgIpc) is 2.58. The molecule has 1 aliphatic rings. The molecule has 1 aromatic carbocycles. The van der Waals surface area contributed by atoms with Crippen molar-refractivity contribution in [2.45, 2.75) is 6.04 Å². The van der Waals surface area contributed by atoms with Gasteiger partial charge in [0, 0.05) is 14.5 Å². The lowest BCUT2D eigenvalue weighted by atomic mass is 9.95. The number of aromatic nitrogens is 1. The van der Waals surface area contributed by atoms with Crippen LogP contribution in [0.15, 0.2) is 26.1 Å². The molecule has 0 saturated heterocycles. The van der Waals surface area contributed by atoms with Gasteiger partial charge in [0.15, 0.2) is 6.19 Å². The molecule has 8 nitrogen and oxygen atoms in total. The van der Waals surface area contributed by atoms with Crippen LogP contribution in [0.5, 0.6) is 0 Å². The Morgan fingerprint density at radius 3 is 2.65 bits per heavy atom. The minimum Gasteiger partial charge on any atom is -0.397 e. The van der Waals surface area contributed by atoms with E-state index in [9.17, 15) is 9.65 Å². The number of hydrogen-bond acceptors (Lipinski definition) is 8. The summed E-state index contributed by atoms with van der Waals surface area (Å²) in [5, 5.41) is 23.4. The van der Waals surface area contributed by atoms with Gasteiger partial charge in [0.1, 0.15) is 35.1 Å². The maximum atomic E-state index is 14.0. The monoisotopic (exact) mass is 478 g/mol. The largest absolute Gasteiger partial charge is 0.397 e. The SMILES string of the molecule is N#CNC1=NC(c2cc(F)cc(Br)c2Br)c2c(nc(N)c(C#N)c2N)N1. The Morgan fingerprint density at radius 2 is 2.00 bits per heavy atom. The second-order valence-electron chi connectivity index (χ2n) is 5.19. The zero-order valence-electron chi connectivity index (χ0n) is 12.8. The Labute approximate surface area is 164 Å². The molecule has 0 fully saturated rings. The van der Waals surface area contributed by atoms with E-state index in [0.29, 0.717) is 20.1 Å². The number of fused-ring (bicyclic) bond motifs is 1. The Balaban J connectivity index is 2.32. The van der Waals surface area contributed by atoms with Crippen LogP contribution in [0, 0.1) is 28.6 Å². The molecule has 1 aliphatic heterocycles. The van der Waals surface area contributed by atoms with Crippen molar-refractivity contribution in [3.63, 3.8) is 0 Å². The van der Waals surface area contributed by atoms with Crippen LogP contribution >= 0.6 is 31.9 Å². The van der Waals surface area contributed by atoms with Crippen molar-refractivity contribution in [2.75, 3.05) is 16.8 Å². The highest BCUT2D eigenvalue weighted by atomic mass is 79.9. The number of benzene rings is 1. The topological polar surface area (TPSA) is 149 Å². The normalized spacial score (nSPS) is 15.1. The molecule has 26 heavy (non-hydrogen) atoms. The number of halogens is 3. The van der Waals surface area contributed by atoms with Gasteiger partial charge in [-0.05, 0) is 49.6 Å². The number of hydrogen-bond donors (Lipinski definition) is 4. The molecule has 0 radical (unpaired) electrons. The van der Waals surface area contributed by atoms with Crippen molar-refractivity contribution in [1.82, 2.24) is 10.3 Å². The number of nitrogens with zero attached hydrogens (tertiary/aromatic N) is 4. The third-order valence-corrected chi connectivity index (χ3v) is 5.72. The first-order valence-electron chi connectivity index (χ1n) is 7.00. The molecular formula is C15H9Br2FN8. The fourth-order valence-corrected chi connectivity index (χ4v) is 3.47. The molecule has 6 N–H and O–H groups in total. The Hall–Kier alpha value is -2.89. The molecule has 11 heteroatoms. The van der Waals surface area contributed by atoms with Gasteiger partial charge in [-0.25, -0.2) is 14.4 Å². The molecule has 1 aromatic heterocycles. The zero-order chi connectivity index (χ0) is 19.0. The van der Waals surface area contributed by atoms with Crippen molar-refractivity contribution in [3.8, 4) is 12.3 Å². The number of anilines is 3. The number of pyridine rings is 1. The lowest BCUT2D eigenvalue weighted by Crippen LogP contribution is -2.33. The first-order valence-corrected chi connectivity index (χ1v) is 8.59. The summed E-state index contributed by atoms with van der Waals surface area (Å²) < 4.78 is 15.0. The molecule has 3 rings (SSSR count). The fraction of sp³-hybridized carbons (Fsp3) is 0.0667. The van der Waals surface area contributed by atoms with Crippen molar-refractivity contribution in [3.05, 3.63) is 43.6 Å². The van der Waals surface area contributed by atoms with Crippen molar-refractivity contribution < 1.29 is 4.39 Å². The van der Waals surface area contributed by atoms with Crippen LogP contribution in [-0.2, 0) is 0 Å². The van der Waals surface area contributed by atoms with E-state index in [1.165, 1.54) is 12.1 Å². The predicted octanol–water partition coefficient (Wildman–Crippen LogP) is 2.72. The number of nitrogens with one attached hydrogen (secondary N) is 2. The van der Waals surface area contributed by atoms with E-state index in [-0.39, 0.29) is 28.8 Å². The van der Waals surface area contributed by atoms with E-state index in [1.54, 1.807) is 6.19 Å². The van der Waals surface area contributed by atoms with Crippen LogP contribution in [0.2, 0.25) is 0 Å². The number of guanidine groups is 1. The van der Waals surface area contributed by atoms with Gasteiger partial charge in [-0.15, -0.1) is 0 Å². The summed E-state index contributed by atoms with van der Waals surface area (Å²) in [6.45, 7) is 0. The number of rotatable bonds is 1.